The zero-order chi connectivity index (χ0) is 15.1. The van der Waals surface area contributed by atoms with E-state index in [1.54, 1.807) is 30.5 Å². The van der Waals surface area contributed by atoms with Crippen molar-refractivity contribution in [3.63, 3.8) is 0 Å². The monoisotopic (exact) mass is 289 g/mol. The Labute approximate surface area is 123 Å². The van der Waals surface area contributed by atoms with Crippen molar-refractivity contribution in [2.24, 2.45) is 0 Å². The van der Waals surface area contributed by atoms with E-state index in [1.165, 1.54) is 0 Å². The molecule has 0 radical (unpaired) electrons. The SMILES string of the molecule is CN(C)CCNc1ccc(C(=O)NCc2ccco2)nn1. The summed E-state index contributed by atoms with van der Waals surface area (Å²) in [4.78, 5) is 13.9. The van der Waals surface area contributed by atoms with E-state index in [9.17, 15) is 4.79 Å². The lowest BCUT2D eigenvalue weighted by Crippen LogP contribution is -2.24. The highest BCUT2D eigenvalue weighted by Gasteiger charge is 2.08. The summed E-state index contributed by atoms with van der Waals surface area (Å²) in [6.45, 7) is 2.00. The van der Waals surface area contributed by atoms with Crippen molar-refractivity contribution < 1.29 is 9.21 Å². The summed E-state index contributed by atoms with van der Waals surface area (Å²) in [6.07, 6.45) is 1.56. The van der Waals surface area contributed by atoms with E-state index in [1.807, 2.05) is 14.1 Å². The number of aromatic nitrogens is 2. The molecule has 2 heterocycles. The van der Waals surface area contributed by atoms with Gasteiger partial charge in [0.15, 0.2) is 5.69 Å². The number of carbonyl (C=O) groups excluding carboxylic acids is 1. The maximum absolute atomic E-state index is 11.9. The van der Waals surface area contributed by atoms with E-state index in [0.29, 0.717) is 18.1 Å². The highest BCUT2D eigenvalue weighted by atomic mass is 16.3. The van der Waals surface area contributed by atoms with E-state index in [-0.39, 0.29) is 11.6 Å². The second-order valence-electron chi connectivity index (χ2n) is 4.80. The Bertz CT molecular complexity index is 551. The van der Waals surface area contributed by atoms with E-state index in [4.69, 9.17) is 4.42 Å². The van der Waals surface area contributed by atoms with Gasteiger partial charge in [0.05, 0.1) is 12.8 Å². The Balaban J connectivity index is 1.82. The second-order valence-corrected chi connectivity index (χ2v) is 4.80. The lowest BCUT2D eigenvalue weighted by atomic mass is 10.3. The molecule has 21 heavy (non-hydrogen) atoms. The summed E-state index contributed by atoms with van der Waals surface area (Å²) >= 11 is 0. The van der Waals surface area contributed by atoms with Gasteiger partial charge in [-0.3, -0.25) is 4.79 Å². The van der Waals surface area contributed by atoms with Crippen LogP contribution in [0.25, 0.3) is 0 Å². The number of carbonyl (C=O) groups is 1. The molecule has 0 atom stereocenters. The number of hydrogen-bond donors (Lipinski definition) is 2. The number of likely N-dealkylation sites (N-methyl/N-ethyl adjacent to an activating group) is 1. The first-order valence-corrected chi connectivity index (χ1v) is 6.68. The molecular formula is C14H19N5O2. The van der Waals surface area contributed by atoms with Crippen LogP contribution < -0.4 is 10.6 Å². The first kappa shape index (κ1) is 15.0. The van der Waals surface area contributed by atoms with Gasteiger partial charge >= 0.3 is 0 Å². The molecule has 0 unspecified atom stereocenters. The molecule has 2 rings (SSSR count). The molecule has 112 valence electrons. The summed E-state index contributed by atoms with van der Waals surface area (Å²) in [5.74, 6) is 1.07. The quantitative estimate of drug-likeness (QED) is 0.790. The number of rotatable bonds is 7. The van der Waals surface area contributed by atoms with Crippen LogP contribution in [0.1, 0.15) is 16.2 Å². The molecule has 0 aliphatic carbocycles. The van der Waals surface area contributed by atoms with Crippen LogP contribution in [-0.2, 0) is 6.54 Å². The third-order valence-electron chi connectivity index (χ3n) is 2.77. The van der Waals surface area contributed by atoms with Gasteiger partial charge in [0.25, 0.3) is 5.91 Å². The van der Waals surface area contributed by atoms with E-state index in [2.05, 4.69) is 25.7 Å². The van der Waals surface area contributed by atoms with Crippen LogP contribution in [0, 0.1) is 0 Å². The second kappa shape index (κ2) is 7.39. The first-order chi connectivity index (χ1) is 10.1. The van der Waals surface area contributed by atoms with E-state index >= 15 is 0 Å². The molecule has 1 amide bonds. The summed E-state index contributed by atoms with van der Waals surface area (Å²) < 4.78 is 5.14. The Morgan fingerprint density at radius 3 is 2.76 bits per heavy atom. The molecule has 0 fully saturated rings. The zero-order valence-electron chi connectivity index (χ0n) is 12.2. The lowest BCUT2D eigenvalue weighted by molar-refractivity contribution is 0.0942. The van der Waals surface area contributed by atoms with Crippen molar-refractivity contribution in [2.45, 2.75) is 6.54 Å². The molecule has 0 aliphatic rings. The molecule has 0 saturated heterocycles. The number of nitrogens with one attached hydrogen (secondary N) is 2. The topological polar surface area (TPSA) is 83.3 Å². The van der Waals surface area contributed by atoms with Crippen molar-refractivity contribution in [2.75, 3.05) is 32.5 Å². The molecule has 2 aromatic heterocycles. The van der Waals surface area contributed by atoms with Crippen LogP contribution >= 0.6 is 0 Å². The third-order valence-corrected chi connectivity index (χ3v) is 2.77. The van der Waals surface area contributed by atoms with Gasteiger partial charge in [-0.25, -0.2) is 0 Å². The summed E-state index contributed by atoms with van der Waals surface area (Å²) in [5, 5.41) is 13.7. The van der Waals surface area contributed by atoms with Crippen LogP contribution in [0.2, 0.25) is 0 Å². The van der Waals surface area contributed by atoms with Gasteiger partial charge in [0.2, 0.25) is 0 Å². The van der Waals surface area contributed by atoms with Crippen molar-refractivity contribution in [3.05, 3.63) is 42.0 Å². The highest BCUT2D eigenvalue weighted by Crippen LogP contribution is 2.03. The number of amides is 1. The highest BCUT2D eigenvalue weighted by molar-refractivity contribution is 5.92. The predicted octanol–water partition coefficient (Wildman–Crippen LogP) is 0.973. The predicted molar refractivity (Wildman–Crippen MR) is 79.0 cm³/mol. The Hall–Kier alpha value is -2.41. The normalized spacial score (nSPS) is 10.6. The average molecular weight is 289 g/mol. The average Bonchev–Trinajstić information content (AvgIpc) is 2.98. The minimum Gasteiger partial charge on any atom is -0.467 e. The van der Waals surface area contributed by atoms with E-state index < -0.39 is 0 Å². The fraction of sp³-hybridized carbons (Fsp3) is 0.357. The zero-order valence-corrected chi connectivity index (χ0v) is 12.2. The standard InChI is InChI=1S/C14H19N5O2/c1-19(2)8-7-15-13-6-5-12(17-18-13)14(20)16-10-11-4-3-9-21-11/h3-6,9H,7-8,10H2,1-2H3,(H,15,18)(H,16,20). The molecule has 0 saturated carbocycles. The van der Waals surface area contributed by atoms with Crippen molar-refractivity contribution >= 4 is 11.7 Å². The Morgan fingerprint density at radius 1 is 1.29 bits per heavy atom. The summed E-state index contributed by atoms with van der Waals surface area (Å²) in [6, 6.07) is 6.95. The van der Waals surface area contributed by atoms with Gasteiger partial charge in [-0.15, -0.1) is 10.2 Å². The number of anilines is 1. The molecule has 0 aliphatic heterocycles. The molecule has 0 aromatic carbocycles. The molecule has 7 nitrogen and oxygen atoms in total. The Morgan fingerprint density at radius 2 is 2.14 bits per heavy atom. The number of nitrogens with zero attached hydrogens (tertiary/aromatic N) is 3. The van der Waals surface area contributed by atoms with Crippen LogP contribution in [0.5, 0.6) is 0 Å². The molecule has 2 N–H and O–H groups in total. The van der Waals surface area contributed by atoms with E-state index in [0.717, 1.165) is 13.1 Å². The largest absolute Gasteiger partial charge is 0.467 e. The summed E-state index contributed by atoms with van der Waals surface area (Å²) in [5.41, 5.74) is 0.278. The number of hydrogen-bond acceptors (Lipinski definition) is 6. The van der Waals surface area contributed by atoms with Gasteiger partial charge in [-0.2, -0.15) is 0 Å². The van der Waals surface area contributed by atoms with Crippen LogP contribution in [0.15, 0.2) is 34.9 Å². The van der Waals surface area contributed by atoms with Crippen LogP contribution in [-0.4, -0.2) is 48.2 Å². The maximum atomic E-state index is 11.9. The number of furan rings is 1. The maximum Gasteiger partial charge on any atom is 0.272 e. The van der Waals surface area contributed by atoms with Crippen molar-refractivity contribution in [1.82, 2.24) is 20.4 Å². The van der Waals surface area contributed by atoms with Gasteiger partial charge in [-0.05, 0) is 38.4 Å². The van der Waals surface area contributed by atoms with Crippen LogP contribution in [0.4, 0.5) is 5.82 Å². The fourth-order valence-electron chi connectivity index (χ4n) is 1.63. The van der Waals surface area contributed by atoms with Crippen molar-refractivity contribution in [1.29, 1.82) is 0 Å². The van der Waals surface area contributed by atoms with Gasteiger partial charge in [-0.1, -0.05) is 0 Å². The summed E-state index contributed by atoms with van der Waals surface area (Å²) in [7, 11) is 4.00. The first-order valence-electron chi connectivity index (χ1n) is 6.68. The third kappa shape index (κ3) is 4.88. The molecule has 2 aromatic rings. The minimum atomic E-state index is -0.279. The Kier molecular flexibility index (Phi) is 5.28. The minimum absolute atomic E-state index is 0.278. The van der Waals surface area contributed by atoms with Crippen LogP contribution in [0.3, 0.4) is 0 Å². The van der Waals surface area contributed by atoms with Crippen molar-refractivity contribution in [3.8, 4) is 0 Å². The molecule has 0 bridgehead atoms. The van der Waals surface area contributed by atoms with Gasteiger partial charge < -0.3 is 20.0 Å². The fourth-order valence-corrected chi connectivity index (χ4v) is 1.63. The lowest BCUT2D eigenvalue weighted by Gasteiger charge is -2.10. The van der Waals surface area contributed by atoms with Gasteiger partial charge in [0.1, 0.15) is 11.6 Å². The molecular weight excluding hydrogens is 270 g/mol. The smallest absolute Gasteiger partial charge is 0.272 e. The molecule has 0 spiro atoms. The molecule has 7 heteroatoms. The van der Waals surface area contributed by atoms with Gasteiger partial charge in [0, 0.05) is 13.1 Å².